The van der Waals surface area contributed by atoms with Crippen LogP contribution in [0.1, 0.15) is 11.1 Å². The first-order chi connectivity index (χ1) is 10.2. The fourth-order valence-electron chi connectivity index (χ4n) is 1.93. The highest BCUT2D eigenvalue weighted by molar-refractivity contribution is 6.30. The molecule has 0 saturated heterocycles. The number of alkyl halides is 3. The Kier molecular flexibility index (Phi) is 4.72. The van der Waals surface area contributed by atoms with Crippen LogP contribution in [-0.2, 0) is 12.7 Å². The first-order valence-electron chi connectivity index (χ1n) is 6.02. The van der Waals surface area contributed by atoms with Crippen LogP contribution < -0.4 is 10.3 Å². The number of pyridine rings is 1. The van der Waals surface area contributed by atoms with E-state index in [2.05, 4.69) is 0 Å². The number of hydrogen-bond acceptors (Lipinski definition) is 2. The molecule has 0 spiro atoms. The number of ether oxygens (including phenoxy) is 1. The van der Waals surface area contributed by atoms with E-state index in [0.717, 1.165) is 4.57 Å². The third kappa shape index (κ3) is 3.56. The standard InChI is InChI=1S/C14H10Cl2F3NO2/c1-22-12-3-2-10(15)4-8(12)6-20-7-9(14(17,18)19)5-11(16)13(20)21/h2-5,7H,6H2,1H3. The molecule has 1 heterocycles. The minimum atomic E-state index is -4.60. The van der Waals surface area contributed by atoms with Gasteiger partial charge in [0.15, 0.2) is 0 Å². The number of nitrogens with zero attached hydrogens (tertiary/aromatic N) is 1. The fraction of sp³-hybridized carbons (Fsp3) is 0.214. The van der Waals surface area contributed by atoms with Crippen LogP contribution in [0.4, 0.5) is 13.2 Å². The zero-order valence-electron chi connectivity index (χ0n) is 11.2. The highest BCUT2D eigenvalue weighted by Crippen LogP contribution is 2.30. The lowest BCUT2D eigenvalue weighted by Gasteiger charge is -2.14. The molecule has 0 atom stereocenters. The summed E-state index contributed by atoms with van der Waals surface area (Å²) in [5.74, 6) is 0.407. The van der Waals surface area contributed by atoms with Crippen LogP contribution in [0.3, 0.4) is 0 Å². The lowest BCUT2D eigenvalue weighted by Crippen LogP contribution is -2.23. The molecule has 0 N–H and O–H groups in total. The second-order valence-electron chi connectivity index (χ2n) is 4.46. The number of halogens is 5. The fourth-order valence-corrected chi connectivity index (χ4v) is 2.35. The number of benzene rings is 1. The van der Waals surface area contributed by atoms with Gasteiger partial charge in [-0.3, -0.25) is 4.79 Å². The number of aromatic nitrogens is 1. The van der Waals surface area contributed by atoms with Crippen molar-refractivity contribution < 1.29 is 17.9 Å². The van der Waals surface area contributed by atoms with Crippen molar-refractivity contribution in [1.29, 1.82) is 0 Å². The van der Waals surface area contributed by atoms with Gasteiger partial charge in [0.1, 0.15) is 10.8 Å². The highest BCUT2D eigenvalue weighted by atomic mass is 35.5. The van der Waals surface area contributed by atoms with E-state index in [1.54, 1.807) is 12.1 Å². The van der Waals surface area contributed by atoms with Crippen LogP contribution in [0.2, 0.25) is 10.0 Å². The quantitative estimate of drug-likeness (QED) is 0.828. The molecule has 0 bridgehead atoms. The highest BCUT2D eigenvalue weighted by Gasteiger charge is 2.32. The maximum absolute atomic E-state index is 12.8. The van der Waals surface area contributed by atoms with Gasteiger partial charge in [0.05, 0.1) is 19.2 Å². The van der Waals surface area contributed by atoms with E-state index in [1.165, 1.54) is 13.2 Å². The Hall–Kier alpha value is -1.66. The summed E-state index contributed by atoms with van der Waals surface area (Å²) < 4.78 is 44.4. The van der Waals surface area contributed by atoms with Crippen molar-refractivity contribution in [2.75, 3.05) is 7.11 Å². The average molecular weight is 352 g/mol. The van der Waals surface area contributed by atoms with Crippen molar-refractivity contribution in [3.05, 3.63) is 62.0 Å². The molecule has 22 heavy (non-hydrogen) atoms. The molecule has 0 fully saturated rings. The smallest absolute Gasteiger partial charge is 0.417 e. The van der Waals surface area contributed by atoms with Crippen LogP contribution in [0.15, 0.2) is 35.3 Å². The number of hydrogen-bond donors (Lipinski definition) is 0. The summed E-state index contributed by atoms with van der Waals surface area (Å²) in [4.78, 5) is 11.9. The van der Waals surface area contributed by atoms with Crippen molar-refractivity contribution in [2.45, 2.75) is 12.7 Å². The largest absolute Gasteiger partial charge is 0.496 e. The van der Waals surface area contributed by atoms with E-state index in [-0.39, 0.29) is 6.54 Å². The van der Waals surface area contributed by atoms with E-state index < -0.39 is 22.3 Å². The molecule has 3 nitrogen and oxygen atoms in total. The number of methoxy groups -OCH3 is 1. The Morgan fingerprint density at radius 3 is 2.50 bits per heavy atom. The number of rotatable bonds is 3. The SMILES string of the molecule is COc1ccc(Cl)cc1Cn1cc(C(F)(F)F)cc(Cl)c1=O. The Morgan fingerprint density at radius 2 is 1.91 bits per heavy atom. The molecule has 1 aromatic carbocycles. The van der Waals surface area contributed by atoms with Crippen LogP contribution in [0.5, 0.6) is 5.75 Å². The molecule has 0 unspecified atom stereocenters. The third-order valence-electron chi connectivity index (χ3n) is 2.95. The predicted octanol–water partition coefficient (Wildman–Crippen LogP) is 4.23. The average Bonchev–Trinajstić information content (AvgIpc) is 2.42. The van der Waals surface area contributed by atoms with E-state index in [9.17, 15) is 18.0 Å². The molecular weight excluding hydrogens is 342 g/mol. The first-order valence-corrected chi connectivity index (χ1v) is 6.77. The Bertz CT molecular complexity index is 757. The summed E-state index contributed by atoms with van der Waals surface area (Å²) in [6.45, 7) is -0.147. The summed E-state index contributed by atoms with van der Waals surface area (Å²) in [6.07, 6.45) is -3.88. The molecule has 0 saturated carbocycles. The van der Waals surface area contributed by atoms with Gasteiger partial charge in [-0.15, -0.1) is 0 Å². The van der Waals surface area contributed by atoms with Gasteiger partial charge < -0.3 is 9.30 Å². The van der Waals surface area contributed by atoms with Gasteiger partial charge >= 0.3 is 6.18 Å². The molecule has 2 aromatic rings. The molecule has 0 aliphatic carbocycles. The maximum atomic E-state index is 12.8. The van der Waals surface area contributed by atoms with E-state index in [0.29, 0.717) is 28.6 Å². The van der Waals surface area contributed by atoms with E-state index >= 15 is 0 Å². The van der Waals surface area contributed by atoms with Crippen molar-refractivity contribution in [1.82, 2.24) is 4.57 Å². The minimum Gasteiger partial charge on any atom is -0.496 e. The van der Waals surface area contributed by atoms with Crippen molar-refractivity contribution in [2.24, 2.45) is 0 Å². The Labute approximate surface area is 133 Å². The normalized spacial score (nSPS) is 11.5. The molecule has 0 aliphatic heterocycles. The monoisotopic (exact) mass is 351 g/mol. The van der Waals surface area contributed by atoms with E-state index in [4.69, 9.17) is 27.9 Å². The Morgan fingerprint density at radius 1 is 1.23 bits per heavy atom. The molecule has 0 amide bonds. The Balaban J connectivity index is 2.52. The van der Waals surface area contributed by atoms with Crippen molar-refractivity contribution >= 4 is 23.2 Å². The summed E-state index contributed by atoms with van der Waals surface area (Å²) >= 11 is 11.5. The summed E-state index contributed by atoms with van der Waals surface area (Å²) in [6, 6.07) is 5.26. The van der Waals surface area contributed by atoms with Crippen molar-refractivity contribution in [3.63, 3.8) is 0 Å². The summed E-state index contributed by atoms with van der Waals surface area (Å²) in [7, 11) is 1.41. The molecule has 0 radical (unpaired) electrons. The van der Waals surface area contributed by atoms with Crippen LogP contribution in [0, 0.1) is 0 Å². The van der Waals surface area contributed by atoms with Crippen molar-refractivity contribution in [3.8, 4) is 5.75 Å². The third-order valence-corrected chi connectivity index (χ3v) is 3.46. The molecule has 8 heteroatoms. The topological polar surface area (TPSA) is 31.2 Å². The van der Waals surface area contributed by atoms with Gasteiger partial charge in [-0.2, -0.15) is 13.2 Å². The molecule has 0 aliphatic rings. The van der Waals surface area contributed by atoms with Gasteiger partial charge in [0.25, 0.3) is 5.56 Å². The second-order valence-corrected chi connectivity index (χ2v) is 5.31. The zero-order valence-corrected chi connectivity index (χ0v) is 12.8. The van der Waals surface area contributed by atoms with Gasteiger partial charge in [-0.1, -0.05) is 23.2 Å². The van der Waals surface area contributed by atoms with Gasteiger partial charge in [0, 0.05) is 16.8 Å². The molecule has 2 rings (SSSR count). The second kappa shape index (κ2) is 6.22. The van der Waals surface area contributed by atoms with Gasteiger partial charge in [-0.05, 0) is 24.3 Å². The summed E-state index contributed by atoms with van der Waals surface area (Å²) in [5, 5.41) is -0.127. The van der Waals surface area contributed by atoms with Gasteiger partial charge in [0.2, 0.25) is 0 Å². The van der Waals surface area contributed by atoms with Crippen LogP contribution in [0.25, 0.3) is 0 Å². The molecular formula is C14H10Cl2F3NO2. The molecule has 118 valence electrons. The maximum Gasteiger partial charge on any atom is 0.417 e. The van der Waals surface area contributed by atoms with E-state index in [1.807, 2.05) is 0 Å². The minimum absolute atomic E-state index is 0.147. The molecule has 1 aromatic heterocycles. The van der Waals surface area contributed by atoms with Crippen LogP contribution >= 0.6 is 23.2 Å². The van der Waals surface area contributed by atoms with Gasteiger partial charge in [-0.25, -0.2) is 0 Å². The predicted molar refractivity (Wildman–Crippen MR) is 77.8 cm³/mol. The lowest BCUT2D eigenvalue weighted by atomic mass is 10.2. The first kappa shape index (κ1) is 16.7. The summed E-state index contributed by atoms with van der Waals surface area (Å²) in [5.41, 5.74) is -1.26. The zero-order chi connectivity index (χ0) is 16.5. The lowest BCUT2D eigenvalue weighted by molar-refractivity contribution is -0.138. The van der Waals surface area contributed by atoms with Crippen LogP contribution in [-0.4, -0.2) is 11.7 Å².